The van der Waals surface area contributed by atoms with E-state index in [0.717, 1.165) is 0 Å². The summed E-state index contributed by atoms with van der Waals surface area (Å²) < 4.78 is 5.10. The Bertz CT molecular complexity index is 419. The van der Waals surface area contributed by atoms with Crippen molar-refractivity contribution in [2.75, 3.05) is 6.61 Å². The zero-order valence-electron chi connectivity index (χ0n) is 8.60. The fraction of sp³-hybridized carbons (Fsp3) is 0.300. The Morgan fingerprint density at radius 1 is 1.56 bits per heavy atom. The summed E-state index contributed by atoms with van der Waals surface area (Å²) in [6.45, 7) is 1.95. The maximum absolute atomic E-state index is 11.2. The van der Waals surface area contributed by atoms with Crippen LogP contribution in [0.15, 0.2) is 22.7 Å². The molecule has 0 fully saturated rings. The molecule has 0 aliphatic carbocycles. The van der Waals surface area contributed by atoms with Gasteiger partial charge in [0, 0.05) is 5.56 Å². The number of hydrogen-bond acceptors (Lipinski definition) is 4. The van der Waals surface area contributed by atoms with Gasteiger partial charge in [-0.2, -0.15) is 0 Å². The van der Waals surface area contributed by atoms with Crippen LogP contribution in [0.3, 0.4) is 0 Å². The number of para-hydroxylation sites is 1. The minimum absolute atomic E-state index is 0.0875. The van der Waals surface area contributed by atoms with Crippen LogP contribution < -0.4 is 0 Å². The van der Waals surface area contributed by atoms with Gasteiger partial charge in [-0.1, -0.05) is 12.1 Å². The van der Waals surface area contributed by atoms with Gasteiger partial charge in [-0.25, -0.2) is 0 Å². The fourth-order valence-electron chi connectivity index (χ4n) is 1.27. The molecule has 0 spiro atoms. The van der Waals surface area contributed by atoms with E-state index in [9.17, 15) is 14.9 Å². The van der Waals surface area contributed by atoms with Crippen molar-refractivity contribution in [2.45, 2.75) is 13.3 Å². The van der Waals surface area contributed by atoms with Crippen LogP contribution in [0.5, 0.6) is 0 Å². The lowest BCUT2D eigenvalue weighted by Gasteiger charge is -2.04. The second-order valence-corrected chi connectivity index (χ2v) is 3.84. The molecular weight excluding hydrogens is 278 g/mol. The first-order valence-electron chi connectivity index (χ1n) is 4.63. The summed E-state index contributed by atoms with van der Waals surface area (Å²) in [4.78, 5) is 21.5. The molecule has 0 aliphatic rings. The van der Waals surface area contributed by atoms with E-state index in [1.165, 1.54) is 0 Å². The van der Waals surface area contributed by atoms with Crippen LogP contribution in [0.4, 0.5) is 5.69 Å². The predicted octanol–water partition coefficient (Wildman–Crippen LogP) is 2.46. The molecule has 0 N–H and O–H groups in total. The lowest BCUT2D eigenvalue weighted by molar-refractivity contribution is -0.386. The van der Waals surface area contributed by atoms with Crippen LogP contribution in [-0.2, 0) is 16.0 Å². The number of carbonyl (C=O) groups excluding carboxylic acids is 1. The molecule has 86 valence electrons. The van der Waals surface area contributed by atoms with Crippen molar-refractivity contribution >= 4 is 27.6 Å². The largest absolute Gasteiger partial charge is 0.466 e. The van der Waals surface area contributed by atoms with Gasteiger partial charge in [0.2, 0.25) is 0 Å². The molecule has 0 bridgehead atoms. The molecule has 0 heterocycles. The number of nitrogens with zero attached hydrogens (tertiary/aromatic N) is 1. The molecule has 0 saturated heterocycles. The first-order chi connectivity index (χ1) is 7.56. The Balaban J connectivity index is 3.00. The molecule has 5 nitrogen and oxygen atoms in total. The average Bonchev–Trinajstić information content (AvgIpc) is 2.17. The molecule has 0 aromatic heterocycles. The standard InChI is InChI=1S/C10H10BrNO4/c1-2-16-9(13)6-7-4-3-5-8(11)10(7)12(14)15/h3-5H,2,6H2,1H3. The van der Waals surface area contributed by atoms with E-state index in [-0.39, 0.29) is 18.7 Å². The summed E-state index contributed by atoms with van der Waals surface area (Å²) in [5, 5.41) is 10.8. The lowest BCUT2D eigenvalue weighted by atomic mass is 10.1. The molecule has 0 radical (unpaired) electrons. The van der Waals surface area contributed by atoms with Gasteiger partial charge >= 0.3 is 5.97 Å². The maximum atomic E-state index is 11.2. The summed E-state index contributed by atoms with van der Waals surface area (Å²) in [5.41, 5.74) is 0.258. The molecule has 6 heteroatoms. The van der Waals surface area contributed by atoms with Crippen LogP contribution in [-0.4, -0.2) is 17.5 Å². The quantitative estimate of drug-likeness (QED) is 0.485. The van der Waals surface area contributed by atoms with Crippen LogP contribution in [0.25, 0.3) is 0 Å². The number of benzene rings is 1. The van der Waals surface area contributed by atoms with Crippen LogP contribution >= 0.6 is 15.9 Å². The molecule has 0 atom stereocenters. The molecule has 1 aromatic rings. The summed E-state index contributed by atoms with van der Waals surface area (Å²) in [5.74, 6) is -0.469. The van der Waals surface area contributed by atoms with E-state index in [0.29, 0.717) is 10.0 Å². The van der Waals surface area contributed by atoms with Crippen molar-refractivity contribution < 1.29 is 14.5 Å². The minimum Gasteiger partial charge on any atom is -0.466 e. The number of halogens is 1. The van der Waals surface area contributed by atoms with Gasteiger partial charge in [-0.05, 0) is 28.9 Å². The van der Waals surface area contributed by atoms with Gasteiger partial charge in [0.05, 0.1) is 22.4 Å². The van der Waals surface area contributed by atoms with E-state index in [1.54, 1.807) is 25.1 Å². The molecule has 1 rings (SSSR count). The first kappa shape index (κ1) is 12.6. The highest BCUT2D eigenvalue weighted by Crippen LogP contribution is 2.28. The van der Waals surface area contributed by atoms with Crippen molar-refractivity contribution in [1.82, 2.24) is 0 Å². The van der Waals surface area contributed by atoms with Crippen LogP contribution in [0.2, 0.25) is 0 Å². The zero-order chi connectivity index (χ0) is 12.1. The normalized spacial score (nSPS) is 9.88. The Kier molecular flexibility index (Phi) is 4.42. The van der Waals surface area contributed by atoms with E-state index in [2.05, 4.69) is 15.9 Å². The van der Waals surface area contributed by atoms with Crippen LogP contribution in [0, 0.1) is 10.1 Å². The highest BCUT2D eigenvalue weighted by molar-refractivity contribution is 9.10. The number of esters is 1. The third-order valence-corrected chi connectivity index (χ3v) is 2.53. The molecule has 16 heavy (non-hydrogen) atoms. The molecule has 0 aliphatic heterocycles. The summed E-state index contributed by atoms with van der Waals surface area (Å²) in [6, 6.07) is 4.75. The smallest absolute Gasteiger partial charge is 0.310 e. The van der Waals surface area contributed by atoms with Gasteiger partial charge in [0.25, 0.3) is 5.69 Å². The van der Waals surface area contributed by atoms with Crippen molar-refractivity contribution in [2.24, 2.45) is 0 Å². The Labute approximate surface area is 101 Å². The van der Waals surface area contributed by atoms with E-state index >= 15 is 0 Å². The van der Waals surface area contributed by atoms with Gasteiger partial charge in [-0.15, -0.1) is 0 Å². The lowest BCUT2D eigenvalue weighted by Crippen LogP contribution is -2.09. The van der Waals surface area contributed by atoms with Gasteiger partial charge in [0.1, 0.15) is 0 Å². The Morgan fingerprint density at radius 3 is 2.81 bits per heavy atom. The highest BCUT2D eigenvalue weighted by Gasteiger charge is 2.20. The highest BCUT2D eigenvalue weighted by atomic mass is 79.9. The second kappa shape index (κ2) is 5.60. The number of nitro groups is 1. The average molecular weight is 288 g/mol. The monoisotopic (exact) mass is 287 g/mol. The number of carbonyl (C=O) groups is 1. The van der Waals surface area contributed by atoms with Crippen molar-refractivity contribution in [3.8, 4) is 0 Å². The first-order valence-corrected chi connectivity index (χ1v) is 5.43. The SMILES string of the molecule is CCOC(=O)Cc1cccc(Br)c1[N+](=O)[O-]. The molecule has 1 aromatic carbocycles. The van der Waals surface area contributed by atoms with Crippen molar-refractivity contribution in [3.05, 3.63) is 38.3 Å². The van der Waals surface area contributed by atoms with Gasteiger partial charge in [-0.3, -0.25) is 14.9 Å². The van der Waals surface area contributed by atoms with E-state index in [4.69, 9.17) is 4.74 Å². The number of ether oxygens (including phenoxy) is 1. The summed E-state index contributed by atoms with van der Waals surface area (Å²) in [7, 11) is 0. The minimum atomic E-state index is -0.515. The Hall–Kier alpha value is -1.43. The van der Waals surface area contributed by atoms with Crippen molar-refractivity contribution in [1.29, 1.82) is 0 Å². The molecule has 0 unspecified atom stereocenters. The second-order valence-electron chi connectivity index (χ2n) is 2.99. The van der Waals surface area contributed by atoms with Gasteiger partial charge < -0.3 is 4.74 Å². The molecule has 0 saturated carbocycles. The zero-order valence-corrected chi connectivity index (χ0v) is 10.2. The summed E-state index contributed by atoms with van der Waals surface area (Å²) in [6.07, 6.45) is -0.0937. The third-order valence-electron chi connectivity index (χ3n) is 1.89. The molecule has 0 amide bonds. The number of hydrogen-bond donors (Lipinski definition) is 0. The molecular formula is C10H10BrNO4. The van der Waals surface area contributed by atoms with Gasteiger partial charge in [0.15, 0.2) is 0 Å². The fourth-order valence-corrected chi connectivity index (χ4v) is 1.83. The van der Waals surface area contributed by atoms with Crippen LogP contribution in [0.1, 0.15) is 12.5 Å². The van der Waals surface area contributed by atoms with E-state index < -0.39 is 10.9 Å². The topological polar surface area (TPSA) is 69.4 Å². The summed E-state index contributed by atoms with van der Waals surface area (Å²) >= 11 is 3.08. The predicted molar refractivity (Wildman–Crippen MR) is 61.1 cm³/mol. The third kappa shape index (κ3) is 3.03. The van der Waals surface area contributed by atoms with E-state index in [1.807, 2.05) is 0 Å². The number of nitro benzene ring substituents is 1. The Morgan fingerprint density at radius 2 is 2.25 bits per heavy atom. The van der Waals surface area contributed by atoms with Crippen molar-refractivity contribution in [3.63, 3.8) is 0 Å². The maximum Gasteiger partial charge on any atom is 0.310 e. The number of rotatable bonds is 4.